The molecule has 1 saturated heterocycles. The maximum absolute atomic E-state index is 4.58. The molecule has 2 aliphatic rings. The summed E-state index contributed by atoms with van der Waals surface area (Å²) in [6.45, 7) is 7.22. The Morgan fingerprint density at radius 1 is 1.16 bits per heavy atom. The van der Waals surface area contributed by atoms with Crippen molar-refractivity contribution in [3.8, 4) is 0 Å². The average Bonchev–Trinajstić information content (AvgIpc) is 3.34. The first-order valence-electron chi connectivity index (χ1n) is 9.00. The van der Waals surface area contributed by atoms with Crippen LogP contribution < -0.4 is 4.90 Å². The second-order valence-electron chi connectivity index (χ2n) is 7.04. The topological polar surface area (TPSA) is 60.9 Å². The Balaban J connectivity index is 1.29. The highest BCUT2D eigenvalue weighted by Crippen LogP contribution is 2.31. The fraction of sp³-hybridized carbons (Fsp3) is 0.500. The number of H-pyrrole nitrogens is 1. The van der Waals surface area contributed by atoms with Gasteiger partial charge < -0.3 is 4.90 Å². The molecule has 0 radical (unpaired) electrons. The van der Waals surface area contributed by atoms with E-state index >= 15 is 0 Å². The van der Waals surface area contributed by atoms with E-state index in [0.29, 0.717) is 0 Å². The van der Waals surface area contributed by atoms with Crippen LogP contribution in [0.2, 0.25) is 0 Å². The Kier molecular flexibility index (Phi) is 3.71. The Morgan fingerprint density at radius 2 is 2.04 bits per heavy atom. The van der Waals surface area contributed by atoms with Gasteiger partial charge in [0, 0.05) is 38.4 Å². The smallest absolute Gasteiger partial charge is 0.150 e. The lowest BCUT2D eigenvalue weighted by molar-refractivity contribution is 0.246. The molecule has 0 amide bonds. The van der Waals surface area contributed by atoms with Crippen molar-refractivity contribution in [2.45, 2.75) is 32.7 Å². The first-order chi connectivity index (χ1) is 12.3. The number of nitrogens with one attached hydrogen (secondary N) is 1. The van der Waals surface area contributed by atoms with Crippen LogP contribution in [0.3, 0.4) is 0 Å². The average molecular weight is 354 g/mol. The molecule has 7 heteroatoms. The molecule has 0 spiro atoms. The predicted octanol–water partition coefficient (Wildman–Crippen LogP) is 2.53. The van der Waals surface area contributed by atoms with E-state index in [2.05, 4.69) is 42.3 Å². The van der Waals surface area contributed by atoms with Gasteiger partial charge in [0.25, 0.3) is 0 Å². The molecule has 0 saturated carbocycles. The van der Waals surface area contributed by atoms with Gasteiger partial charge >= 0.3 is 0 Å². The van der Waals surface area contributed by atoms with Crippen molar-refractivity contribution >= 4 is 27.4 Å². The lowest BCUT2D eigenvalue weighted by Crippen LogP contribution is -2.46. The molecule has 0 unspecified atom stereocenters. The lowest BCUT2D eigenvalue weighted by atomic mass is 10.2. The van der Waals surface area contributed by atoms with Gasteiger partial charge in [-0.3, -0.25) is 10.00 Å². The first kappa shape index (κ1) is 15.3. The number of thiophene rings is 1. The number of anilines is 1. The zero-order valence-electron chi connectivity index (χ0n) is 14.5. The third-order valence-electron chi connectivity index (χ3n) is 5.45. The van der Waals surface area contributed by atoms with Gasteiger partial charge in [-0.2, -0.15) is 5.10 Å². The van der Waals surface area contributed by atoms with Gasteiger partial charge in [-0.1, -0.05) is 0 Å². The highest BCUT2D eigenvalue weighted by Gasteiger charge is 2.24. The van der Waals surface area contributed by atoms with E-state index in [-0.39, 0.29) is 0 Å². The highest BCUT2D eigenvalue weighted by atomic mass is 32.1. The van der Waals surface area contributed by atoms with Crippen molar-refractivity contribution in [1.82, 2.24) is 25.1 Å². The molecule has 130 valence electrons. The van der Waals surface area contributed by atoms with Crippen LogP contribution in [0.1, 0.15) is 28.9 Å². The summed E-state index contributed by atoms with van der Waals surface area (Å²) >= 11 is 1.76. The molecule has 25 heavy (non-hydrogen) atoms. The molecule has 4 heterocycles. The third kappa shape index (κ3) is 2.62. The van der Waals surface area contributed by atoms with Crippen LogP contribution in [0.25, 0.3) is 10.2 Å². The van der Waals surface area contributed by atoms with Crippen LogP contribution >= 0.6 is 11.3 Å². The SMILES string of the molecule is Cc1csc2c(N3CCN(Cc4n[nH]c5c4CCC5)CC3)ncnc12. The van der Waals surface area contributed by atoms with Crippen LogP contribution in [0.4, 0.5) is 5.82 Å². The predicted molar refractivity (Wildman–Crippen MR) is 100 cm³/mol. The standard InChI is InChI=1S/C18H22N6S/c1-12-10-25-17-16(12)19-11-20-18(17)24-7-5-23(6-8-24)9-15-13-3-2-4-14(13)21-22-15/h10-11H,2-9H2,1H3,(H,21,22). The number of aryl methyl sites for hydroxylation is 2. The van der Waals surface area contributed by atoms with Gasteiger partial charge in [0.1, 0.15) is 12.1 Å². The van der Waals surface area contributed by atoms with E-state index in [0.717, 1.165) is 44.1 Å². The Hall–Kier alpha value is -1.99. The molecule has 3 aromatic rings. The number of fused-ring (bicyclic) bond motifs is 2. The number of hydrogen-bond donors (Lipinski definition) is 1. The van der Waals surface area contributed by atoms with Crippen molar-refractivity contribution in [2.24, 2.45) is 0 Å². The van der Waals surface area contributed by atoms with E-state index in [1.807, 2.05) is 0 Å². The number of aromatic nitrogens is 4. The summed E-state index contributed by atoms with van der Waals surface area (Å²) < 4.78 is 1.22. The van der Waals surface area contributed by atoms with Crippen molar-refractivity contribution in [2.75, 3.05) is 31.1 Å². The van der Waals surface area contributed by atoms with Crippen molar-refractivity contribution in [3.63, 3.8) is 0 Å². The molecule has 5 rings (SSSR count). The number of nitrogens with zero attached hydrogens (tertiary/aromatic N) is 5. The second-order valence-corrected chi connectivity index (χ2v) is 7.92. The van der Waals surface area contributed by atoms with Crippen LogP contribution in [0.5, 0.6) is 0 Å². The number of rotatable bonds is 3. The van der Waals surface area contributed by atoms with E-state index < -0.39 is 0 Å². The number of piperazine rings is 1. The molecule has 6 nitrogen and oxygen atoms in total. The van der Waals surface area contributed by atoms with Crippen LogP contribution in [0.15, 0.2) is 11.7 Å². The molecule has 1 aliphatic heterocycles. The molecular weight excluding hydrogens is 332 g/mol. The third-order valence-corrected chi connectivity index (χ3v) is 6.53. The van der Waals surface area contributed by atoms with Crippen LogP contribution in [-0.2, 0) is 19.4 Å². The van der Waals surface area contributed by atoms with Gasteiger partial charge in [0.05, 0.1) is 15.9 Å². The zero-order chi connectivity index (χ0) is 16.8. The molecule has 3 aromatic heterocycles. The van der Waals surface area contributed by atoms with Gasteiger partial charge in [0.15, 0.2) is 0 Å². The monoisotopic (exact) mass is 354 g/mol. The normalized spacial score (nSPS) is 18.2. The van der Waals surface area contributed by atoms with E-state index in [9.17, 15) is 0 Å². The molecule has 1 fully saturated rings. The minimum absolute atomic E-state index is 0.969. The van der Waals surface area contributed by atoms with Crippen LogP contribution in [-0.4, -0.2) is 51.2 Å². The summed E-state index contributed by atoms with van der Waals surface area (Å²) in [6.07, 6.45) is 5.34. The Morgan fingerprint density at radius 3 is 2.92 bits per heavy atom. The fourth-order valence-electron chi connectivity index (χ4n) is 4.03. The largest absolute Gasteiger partial charge is 0.353 e. The summed E-state index contributed by atoms with van der Waals surface area (Å²) in [4.78, 5) is 14.0. The minimum Gasteiger partial charge on any atom is -0.353 e. The van der Waals surface area contributed by atoms with Crippen molar-refractivity contribution in [1.29, 1.82) is 0 Å². The molecule has 1 aliphatic carbocycles. The maximum Gasteiger partial charge on any atom is 0.150 e. The van der Waals surface area contributed by atoms with E-state index in [1.165, 1.54) is 46.5 Å². The minimum atomic E-state index is 0.969. The second kappa shape index (κ2) is 6.07. The summed E-state index contributed by atoms with van der Waals surface area (Å²) in [6, 6.07) is 0. The Labute approximate surface area is 150 Å². The molecule has 0 atom stereocenters. The summed E-state index contributed by atoms with van der Waals surface area (Å²) in [7, 11) is 0. The summed E-state index contributed by atoms with van der Waals surface area (Å²) in [5.41, 5.74) is 6.46. The van der Waals surface area contributed by atoms with Gasteiger partial charge in [-0.05, 0) is 42.7 Å². The molecule has 1 N–H and O–H groups in total. The summed E-state index contributed by atoms with van der Waals surface area (Å²) in [5.74, 6) is 1.10. The van der Waals surface area contributed by atoms with E-state index in [4.69, 9.17) is 0 Å². The van der Waals surface area contributed by atoms with Crippen molar-refractivity contribution in [3.05, 3.63) is 34.2 Å². The van der Waals surface area contributed by atoms with Gasteiger partial charge in [-0.15, -0.1) is 11.3 Å². The van der Waals surface area contributed by atoms with Crippen molar-refractivity contribution < 1.29 is 0 Å². The molecular formula is C18H22N6S. The number of aromatic amines is 1. The van der Waals surface area contributed by atoms with Gasteiger partial charge in [0.2, 0.25) is 0 Å². The summed E-state index contributed by atoms with van der Waals surface area (Å²) in [5, 5.41) is 9.96. The lowest BCUT2D eigenvalue weighted by Gasteiger charge is -2.35. The quantitative estimate of drug-likeness (QED) is 0.783. The fourth-order valence-corrected chi connectivity index (χ4v) is 5.05. The Bertz CT molecular complexity index is 906. The zero-order valence-corrected chi connectivity index (χ0v) is 15.3. The van der Waals surface area contributed by atoms with E-state index in [1.54, 1.807) is 17.7 Å². The van der Waals surface area contributed by atoms with Crippen LogP contribution in [0, 0.1) is 6.92 Å². The first-order valence-corrected chi connectivity index (χ1v) is 9.88. The molecule has 0 bridgehead atoms. The molecule has 0 aromatic carbocycles. The van der Waals surface area contributed by atoms with Gasteiger partial charge in [-0.25, -0.2) is 9.97 Å². The maximum atomic E-state index is 4.58. The number of hydrogen-bond acceptors (Lipinski definition) is 6. The highest BCUT2D eigenvalue weighted by molar-refractivity contribution is 7.18.